The zero-order valence-electron chi connectivity index (χ0n) is 10.7. The second-order valence-corrected chi connectivity index (χ2v) is 4.78. The number of hydrogen-bond donors (Lipinski definition) is 2. The van der Waals surface area contributed by atoms with Crippen LogP contribution in [0.25, 0.3) is 0 Å². The fourth-order valence-electron chi connectivity index (χ4n) is 2.83. The van der Waals surface area contributed by atoms with Crippen LogP contribution in [0.15, 0.2) is 18.2 Å². The van der Waals surface area contributed by atoms with Gasteiger partial charge in [0.05, 0.1) is 6.54 Å². The van der Waals surface area contributed by atoms with E-state index in [4.69, 9.17) is 5.73 Å². The number of benzene rings is 1. The van der Waals surface area contributed by atoms with Crippen molar-refractivity contribution in [2.24, 2.45) is 5.73 Å². The number of fused-ring (bicyclic) bond motifs is 1. The molecule has 4 heteroatoms. The van der Waals surface area contributed by atoms with Gasteiger partial charge in [0, 0.05) is 6.04 Å². The summed E-state index contributed by atoms with van der Waals surface area (Å²) >= 11 is 0. The summed E-state index contributed by atoms with van der Waals surface area (Å²) in [4.78, 5) is 13.2. The summed E-state index contributed by atoms with van der Waals surface area (Å²) in [5, 5.41) is 9.90. The molecule has 1 aliphatic rings. The molecule has 0 saturated carbocycles. The number of aromatic hydroxyl groups is 1. The third-order valence-corrected chi connectivity index (χ3v) is 3.66. The summed E-state index contributed by atoms with van der Waals surface area (Å²) in [6.07, 6.45) is 2.95. The molecule has 1 aromatic carbocycles. The van der Waals surface area contributed by atoms with Gasteiger partial charge in [0.25, 0.3) is 0 Å². The maximum Gasteiger partial charge on any atom is 0.231 e. The van der Waals surface area contributed by atoms with Gasteiger partial charge in [-0.1, -0.05) is 19.1 Å². The molecule has 1 atom stereocenters. The summed E-state index contributed by atoms with van der Waals surface area (Å²) < 4.78 is 0. The highest BCUT2D eigenvalue weighted by Gasteiger charge is 2.27. The van der Waals surface area contributed by atoms with Gasteiger partial charge in [-0.25, -0.2) is 0 Å². The first kappa shape index (κ1) is 12.9. The van der Waals surface area contributed by atoms with Crippen molar-refractivity contribution in [3.63, 3.8) is 0 Å². The number of rotatable bonds is 4. The second-order valence-electron chi connectivity index (χ2n) is 4.78. The number of phenolic OH excluding ortho intramolecular Hbond substituents is 1. The van der Waals surface area contributed by atoms with Crippen LogP contribution >= 0.6 is 0 Å². The third-order valence-electron chi connectivity index (χ3n) is 3.66. The highest BCUT2D eigenvalue weighted by Crippen LogP contribution is 2.37. The Balaban J connectivity index is 2.31. The first-order chi connectivity index (χ1) is 8.63. The molecule has 18 heavy (non-hydrogen) atoms. The van der Waals surface area contributed by atoms with E-state index in [-0.39, 0.29) is 18.5 Å². The highest BCUT2D eigenvalue weighted by molar-refractivity contribution is 5.76. The van der Waals surface area contributed by atoms with Crippen LogP contribution in [0.4, 0.5) is 0 Å². The van der Waals surface area contributed by atoms with Crippen molar-refractivity contribution in [1.82, 2.24) is 4.90 Å². The van der Waals surface area contributed by atoms with Gasteiger partial charge in [-0.3, -0.25) is 9.69 Å². The number of phenols is 1. The zero-order valence-corrected chi connectivity index (χ0v) is 10.7. The van der Waals surface area contributed by atoms with E-state index >= 15 is 0 Å². The van der Waals surface area contributed by atoms with Gasteiger partial charge in [-0.2, -0.15) is 0 Å². The third kappa shape index (κ3) is 2.48. The predicted octanol–water partition coefficient (Wildman–Crippen LogP) is 1.58. The molecule has 0 aliphatic heterocycles. The SMILES string of the molecule is CCN(CC(N)=O)C1CCCc2c(O)cccc21. The number of nitrogens with two attached hydrogens (primary N) is 1. The lowest BCUT2D eigenvalue weighted by Crippen LogP contribution is -2.38. The van der Waals surface area contributed by atoms with Crippen LogP contribution in [0.3, 0.4) is 0 Å². The molecular weight excluding hydrogens is 228 g/mol. The van der Waals surface area contributed by atoms with Gasteiger partial charge >= 0.3 is 0 Å². The van der Waals surface area contributed by atoms with Gasteiger partial charge in [-0.05, 0) is 43.0 Å². The monoisotopic (exact) mass is 248 g/mol. The maximum absolute atomic E-state index is 11.1. The van der Waals surface area contributed by atoms with Crippen molar-refractivity contribution in [3.8, 4) is 5.75 Å². The summed E-state index contributed by atoms with van der Waals surface area (Å²) in [5.41, 5.74) is 7.46. The second kappa shape index (κ2) is 5.40. The minimum Gasteiger partial charge on any atom is -0.508 e. The van der Waals surface area contributed by atoms with Gasteiger partial charge in [0.2, 0.25) is 5.91 Å². The summed E-state index contributed by atoms with van der Waals surface area (Å²) in [6.45, 7) is 3.08. The van der Waals surface area contributed by atoms with E-state index < -0.39 is 0 Å². The molecule has 1 unspecified atom stereocenters. The molecule has 0 heterocycles. The molecule has 0 bridgehead atoms. The average molecular weight is 248 g/mol. The van der Waals surface area contributed by atoms with Crippen molar-refractivity contribution in [1.29, 1.82) is 0 Å². The lowest BCUT2D eigenvalue weighted by atomic mass is 9.86. The van der Waals surface area contributed by atoms with Crippen LogP contribution < -0.4 is 5.73 Å². The van der Waals surface area contributed by atoms with Crippen molar-refractivity contribution in [2.75, 3.05) is 13.1 Å². The molecule has 0 radical (unpaired) electrons. The molecule has 2 rings (SSSR count). The van der Waals surface area contributed by atoms with Gasteiger partial charge < -0.3 is 10.8 Å². The normalized spacial score (nSPS) is 18.7. The Morgan fingerprint density at radius 2 is 2.33 bits per heavy atom. The molecule has 1 amide bonds. The standard InChI is InChI=1S/C14H20N2O2/c1-2-16(9-14(15)18)12-7-3-6-11-10(12)5-4-8-13(11)17/h4-5,8,12,17H,2-3,6-7,9H2,1H3,(H2,15,18). The first-order valence-electron chi connectivity index (χ1n) is 6.46. The smallest absolute Gasteiger partial charge is 0.231 e. The molecule has 0 aromatic heterocycles. The lowest BCUT2D eigenvalue weighted by molar-refractivity contribution is -0.119. The Morgan fingerprint density at radius 1 is 1.56 bits per heavy atom. The molecule has 3 N–H and O–H groups in total. The van der Waals surface area contributed by atoms with E-state index in [0.29, 0.717) is 5.75 Å². The summed E-state index contributed by atoms with van der Waals surface area (Å²) in [7, 11) is 0. The van der Waals surface area contributed by atoms with E-state index in [1.165, 1.54) is 0 Å². The fraction of sp³-hybridized carbons (Fsp3) is 0.500. The van der Waals surface area contributed by atoms with Crippen LogP contribution in [-0.4, -0.2) is 29.0 Å². The van der Waals surface area contributed by atoms with E-state index in [0.717, 1.165) is 36.9 Å². The van der Waals surface area contributed by atoms with Gasteiger partial charge in [-0.15, -0.1) is 0 Å². The van der Waals surface area contributed by atoms with Crippen LogP contribution in [0.1, 0.15) is 36.9 Å². The Hall–Kier alpha value is -1.55. The minimum absolute atomic E-state index is 0.193. The van der Waals surface area contributed by atoms with E-state index in [2.05, 4.69) is 4.90 Å². The molecule has 4 nitrogen and oxygen atoms in total. The van der Waals surface area contributed by atoms with Crippen molar-refractivity contribution in [3.05, 3.63) is 29.3 Å². The molecule has 1 aliphatic carbocycles. The zero-order chi connectivity index (χ0) is 13.1. The lowest BCUT2D eigenvalue weighted by Gasteiger charge is -2.34. The number of hydrogen-bond acceptors (Lipinski definition) is 3. The predicted molar refractivity (Wildman–Crippen MR) is 70.2 cm³/mol. The summed E-state index contributed by atoms with van der Waals surface area (Å²) in [5.74, 6) is 0.0662. The number of carbonyl (C=O) groups excluding carboxylic acids is 1. The quantitative estimate of drug-likeness (QED) is 0.850. The number of nitrogens with zero attached hydrogens (tertiary/aromatic N) is 1. The van der Waals surface area contributed by atoms with Gasteiger partial charge in [0.15, 0.2) is 0 Å². The number of primary amides is 1. The van der Waals surface area contributed by atoms with Crippen molar-refractivity contribution < 1.29 is 9.90 Å². The molecule has 0 saturated heterocycles. The average Bonchev–Trinajstić information content (AvgIpc) is 2.36. The minimum atomic E-state index is -0.302. The Kier molecular flexibility index (Phi) is 3.87. The maximum atomic E-state index is 11.1. The Labute approximate surface area is 107 Å². The van der Waals surface area contributed by atoms with Crippen LogP contribution in [0.5, 0.6) is 5.75 Å². The number of likely N-dealkylation sites (N-methyl/N-ethyl adjacent to an activating group) is 1. The van der Waals surface area contributed by atoms with E-state index in [9.17, 15) is 9.90 Å². The Morgan fingerprint density at radius 3 is 3.00 bits per heavy atom. The Bertz CT molecular complexity index is 445. The van der Waals surface area contributed by atoms with Crippen LogP contribution in [-0.2, 0) is 11.2 Å². The topological polar surface area (TPSA) is 66.6 Å². The van der Waals surface area contributed by atoms with Crippen molar-refractivity contribution in [2.45, 2.75) is 32.2 Å². The van der Waals surface area contributed by atoms with Crippen molar-refractivity contribution >= 4 is 5.91 Å². The molecule has 0 spiro atoms. The molecular formula is C14H20N2O2. The summed E-state index contributed by atoms with van der Waals surface area (Å²) in [6, 6.07) is 5.83. The van der Waals surface area contributed by atoms with E-state index in [1.807, 2.05) is 19.1 Å². The number of carbonyl (C=O) groups is 1. The highest BCUT2D eigenvalue weighted by atomic mass is 16.3. The largest absolute Gasteiger partial charge is 0.508 e. The van der Waals surface area contributed by atoms with Crippen LogP contribution in [0.2, 0.25) is 0 Å². The first-order valence-corrected chi connectivity index (χ1v) is 6.46. The molecule has 98 valence electrons. The fourth-order valence-corrected chi connectivity index (χ4v) is 2.83. The number of amides is 1. The van der Waals surface area contributed by atoms with Crippen LogP contribution in [0, 0.1) is 0 Å². The van der Waals surface area contributed by atoms with E-state index in [1.54, 1.807) is 6.07 Å². The molecule has 0 fully saturated rings. The molecule has 1 aromatic rings. The van der Waals surface area contributed by atoms with Gasteiger partial charge in [0.1, 0.15) is 5.75 Å².